The van der Waals surface area contributed by atoms with Gasteiger partial charge >= 0.3 is 0 Å². The summed E-state index contributed by atoms with van der Waals surface area (Å²) in [5.74, 6) is 0. The van der Waals surface area contributed by atoms with Crippen molar-refractivity contribution in [2.75, 3.05) is 0 Å². The Bertz CT molecular complexity index is 486. The highest BCUT2D eigenvalue weighted by Crippen LogP contribution is 2.29. The summed E-state index contributed by atoms with van der Waals surface area (Å²) in [5, 5.41) is 2.67. The molecule has 2 nitrogen and oxygen atoms in total. The fraction of sp³-hybridized carbons (Fsp3) is 0.182. The van der Waals surface area contributed by atoms with E-state index in [-0.39, 0.29) is 6.04 Å². The van der Waals surface area contributed by atoms with E-state index in [0.29, 0.717) is 5.02 Å². The topological polar surface area (TPSA) is 38.9 Å². The highest BCUT2D eigenvalue weighted by molar-refractivity contribution is 9.10. The molecular weight excluding hydrogens is 308 g/mol. The van der Waals surface area contributed by atoms with E-state index in [1.54, 1.807) is 23.7 Å². The van der Waals surface area contributed by atoms with Crippen LogP contribution in [0.5, 0.6) is 0 Å². The average molecular weight is 318 g/mol. The number of hydrogen-bond acceptors (Lipinski definition) is 3. The van der Waals surface area contributed by atoms with Crippen LogP contribution in [0.4, 0.5) is 0 Å². The molecule has 0 saturated carbocycles. The zero-order chi connectivity index (χ0) is 11.5. The van der Waals surface area contributed by atoms with Gasteiger partial charge in [0, 0.05) is 34.2 Å². The summed E-state index contributed by atoms with van der Waals surface area (Å²) in [6.07, 6.45) is 4.12. The van der Waals surface area contributed by atoms with Crippen LogP contribution in [0.2, 0.25) is 5.02 Å². The smallest absolute Gasteiger partial charge is 0.0637 e. The van der Waals surface area contributed by atoms with Gasteiger partial charge in [-0.15, -0.1) is 11.3 Å². The molecule has 0 radical (unpaired) electrons. The minimum atomic E-state index is -0.0922. The van der Waals surface area contributed by atoms with Gasteiger partial charge in [-0.25, -0.2) is 0 Å². The van der Waals surface area contributed by atoms with Crippen LogP contribution in [0.15, 0.2) is 34.4 Å². The first-order chi connectivity index (χ1) is 7.68. The summed E-state index contributed by atoms with van der Waals surface area (Å²) in [6, 6.07) is 3.81. The van der Waals surface area contributed by atoms with Gasteiger partial charge in [0.15, 0.2) is 0 Å². The molecule has 2 N–H and O–H groups in total. The Morgan fingerprint density at radius 1 is 1.50 bits per heavy atom. The summed E-state index contributed by atoms with van der Waals surface area (Å²) < 4.78 is 1.11. The lowest BCUT2D eigenvalue weighted by molar-refractivity contribution is 0.727. The van der Waals surface area contributed by atoms with Crippen molar-refractivity contribution in [3.05, 3.63) is 49.8 Å². The van der Waals surface area contributed by atoms with Crippen LogP contribution in [-0.2, 0) is 6.42 Å². The van der Waals surface area contributed by atoms with Crippen molar-refractivity contribution in [1.29, 1.82) is 0 Å². The first-order valence-electron chi connectivity index (χ1n) is 4.75. The minimum absolute atomic E-state index is 0.0922. The van der Waals surface area contributed by atoms with Gasteiger partial charge in [0.05, 0.1) is 5.02 Å². The molecule has 0 aromatic carbocycles. The fourth-order valence-electron chi connectivity index (χ4n) is 1.47. The van der Waals surface area contributed by atoms with Gasteiger partial charge in [0.1, 0.15) is 0 Å². The number of thiophene rings is 1. The van der Waals surface area contributed by atoms with E-state index in [9.17, 15) is 0 Å². The van der Waals surface area contributed by atoms with Crippen molar-refractivity contribution >= 4 is 38.9 Å². The van der Waals surface area contributed by atoms with Crippen LogP contribution >= 0.6 is 38.9 Å². The molecule has 0 aliphatic carbocycles. The SMILES string of the molecule is NC(Cc1sccc1Br)c1ccncc1Cl. The quantitative estimate of drug-likeness (QED) is 0.935. The number of rotatable bonds is 3. The molecule has 2 heterocycles. The minimum Gasteiger partial charge on any atom is -0.324 e. The van der Waals surface area contributed by atoms with Crippen molar-refractivity contribution in [3.63, 3.8) is 0 Å². The second-order valence-corrected chi connectivity index (χ2v) is 5.66. The van der Waals surface area contributed by atoms with Crippen molar-refractivity contribution in [2.45, 2.75) is 12.5 Å². The molecule has 2 aromatic heterocycles. The van der Waals surface area contributed by atoms with E-state index in [2.05, 4.69) is 20.9 Å². The number of aromatic nitrogens is 1. The van der Waals surface area contributed by atoms with Gasteiger partial charge in [0.25, 0.3) is 0 Å². The van der Waals surface area contributed by atoms with Crippen molar-refractivity contribution in [1.82, 2.24) is 4.98 Å². The van der Waals surface area contributed by atoms with E-state index >= 15 is 0 Å². The average Bonchev–Trinajstić information content (AvgIpc) is 2.65. The van der Waals surface area contributed by atoms with E-state index in [1.165, 1.54) is 4.88 Å². The number of hydrogen-bond donors (Lipinski definition) is 1. The van der Waals surface area contributed by atoms with E-state index in [1.807, 2.05) is 17.5 Å². The molecular formula is C11H10BrClN2S. The van der Waals surface area contributed by atoms with Crippen molar-refractivity contribution < 1.29 is 0 Å². The molecule has 1 atom stereocenters. The second kappa shape index (κ2) is 5.27. The summed E-state index contributed by atoms with van der Waals surface area (Å²) in [4.78, 5) is 5.18. The van der Waals surface area contributed by atoms with Crippen LogP contribution in [0, 0.1) is 0 Å². The number of nitrogens with two attached hydrogens (primary N) is 1. The Balaban J connectivity index is 2.18. The third-order valence-corrected chi connectivity index (χ3v) is 4.56. The molecule has 0 saturated heterocycles. The zero-order valence-corrected chi connectivity index (χ0v) is 11.5. The predicted molar refractivity (Wildman–Crippen MR) is 71.9 cm³/mol. The van der Waals surface area contributed by atoms with Crippen LogP contribution in [0.25, 0.3) is 0 Å². The molecule has 0 spiro atoms. The summed E-state index contributed by atoms with van der Waals surface area (Å²) in [7, 11) is 0. The second-order valence-electron chi connectivity index (χ2n) is 3.40. The third kappa shape index (κ3) is 2.63. The van der Waals surface area contributed by atoms with Crippen LogP contribution in [0.1, 0.15) is 16.5 Å². The molecule has 5 heteroatoms. The molecule has 0 aliphatic heterocycles. The molecule has 0 amide bonds. The molecule has 2 aromatic rings. The van der Waals surface area contributed by atoms with Crippen LogP contribution < -0.4 is 5.73 Å². The summed E-state index contributed by atoms with van der Waals surface area (Å²) in [6.45, 7) is 0. The lowest BCUT2D eigenvalue weighted by Gasteiger charge is -2.12. The molecule has 1 unspecified atom stereocenters. The van der Waals surface area contributed by atoms with E-state index < -0.39 is 0 Å². The monoisotopic (exact) mass is 316 g/mol. The molecule has 0 fully saturated rings. The summed E-state index contributed by atoms with van der Waals surface area (Å²) >= 11 is 11.2. The zero-order valence-electron chi connectivity index (χ0n) is 8.36. The van der Waals surface area contributed by atoms with Gasteiger partial charge < -0.3 is 5.73 Å². The van der Waals surface area contributed by atoms with Gasteiger partial charge in [-0.1, -0.05) is 11.6 Å². The maximum absolute atomic E-state index is 6.13. The highest BCUT2D eigenvalue weighted by Gasteiger charge is 2.13. The molecule has 0 aliphatic rings. The predicted octanol–water partition coefficient (Wildman–Crippen LogP) is 3.80. The Morgan fingerprint density at radius 2 is 2.31 bits per heavy atom. The van der Waals surface area contributed by atoms with Crippen molar-refractivity contribution in [3.8, 4) is 0 Å². The van der Waals surface area contributed by atoms with Gasteiger partial charge in [-0.3, -0.25) is 4.98 Å². The number of pyridine rings is 1. The lowest BCUT2D eigenvalue weighted by Crippen LogP contribution is -2.13. The van der Waals surface area contributed by atoms with Gasteiger partial charge in [0.2, 0.25) is 0 Å². The number of halogens is 2. The maximum Gasteiger partial charge on any atom is 0.0637 e. The Hall–Kier alpha value is -0.420. The third-order valence-electron chi connectivity index (χ3n) is 2.30. The summed E-state index contributed by atoms with van der Waals surface area (Å²) in [5.41, 5.74) is 7.07. The Kier molecular flexibility index (Phi) is 3.97. The highest BCUT2D eigenvalue weighted by atomic mass is 79.9. The molecule has 0 bridgehead atoms. The largest absolute Gasteiger partial charge is 0.324 e. The van der Waals surface area contributed by atoms with Crippen LogP contribution in [0.3, 0.4) is 0 Å². The van der Waals surface area contributed by atoms with Crippen molar-refractivity contribution in [2.24, 2.45) is 5.73 Å². The standard InChI is InChI=1S/C11H10BrClN2S/c12-8-2-4-16-11(8)5-10(14)7-1-3-15-6-9(7)13/h1-4,6,10H,5,14H2. The normalized spacial score (nSPS) is 12.7. The van der Waals surface area contributed by atoms with Gasteiger partial charge in [-0.2, -0.15) is 0 Å². The maximum atomic E-state index is 6.13. The Morgan fingerprint density at radius 3 is 2.94 bits per heavy atom. The molecule has 16 heavy (non-hydrogen) atoms. The number of nitrogens with zero attached hydrogens (tertiary/aromatic N) is 1. The van der Waals surface area contributed by atoms with E-state index in [4.69, 9.17) is 17.3 Å². The lowest BCUT2D eigenvalue weighted by atomic mass is 10.1. The van der Waals surface area contributed by atoms with Gasteiger partial charge in [-0.05, 0) is 39.0 Å². The first-order valence-corrected chi connectivity index (χ1v) is 6.80. The first kappa shape index (κ1) is 12.0. The van der Waals surface area contributed by atoms with E-state index in [0.717, 1.165) is 16.5 Å². The molecule has 2 rings (SSSR count). The molecule has 84 valence electrons. The fourth-order valence-corrected chi connectivity index (χ4v) is 3.30. The van der Waals surface area contributed by atoms with Crippen LogP contribution in [-0.4, -0.2) is 4.98 Å². The Labute approximate surface area is 112 Å².